The number of nitrogens with zero attached hydrogens (tertiary/aromatic N) is 5. The van der Waals surface area contributed by atoms with E-state index in [1.165, 1.54) is 24.6 Å². The SMILES string of the molecule is Cc1nc(S(=O)(=O)NCC2CN(c3cc4c(nn3)CCCC4)C2)cn1C. The van der Waals surface area contributed by atoms with Crippen LogP contribution in [0.1, 0.15) is 29.9 Å². The lowest BCUT2D eigenvalue weighted by atomic mass is 9.96. The highest BCUT2D eigenvalue weighted by molar-refractivity contribution is 7.89. The van der Waals surface area contributed by atoms with Gasteiger partial charge in [-0.05, 0) is 44.2 Å². The van der Waals surface area contributed by atoms with Crippen LogP contribution in [0.3, 0.4) is 0 Å². The first-order valence-corrected chi connectivity index (χ1v) is 10.5. The Hall–Kier alpha value is -2.00. The number of anilines is 1. The predicted molar refractivity (Wildman–Crippen MR) is 97.5 cm³/mol. The van der Waals surface area contributed by atoms with Crippen LogP contribution in [0.5, 0.6) is 0 Å². The molecule has 1 aliphatic carbocycles. The molecule has 1 fully saturated rings. The highest BCUT2D eigenvalue weighted by Crippen LogP contribution is 2.26. The number of rotatable bonds is 5. The Labute approximate surface area is 153 Å². The number of imidazole rings is 1. The quantitative estimate of drug-likeness (QED) is 0.830. The molecule has 0 saturated carbocycles. The number of hydrogen-bond donors (Lipinski definition) is 1. The smallest absolute Gasteiger partial charge is 0.259 e. The Morgan fingerprint density at radius 2 is 2.00 bits per heavy atom. The highest BCUT2D eigenvalue weighted by atomic mass is 32.2. The minimum absolute atomic E-state index is 0.0780. The molecule has 8 nitrogen and oxygen atoms in total. The molecule has 1 aliphatic heterocycles. The summed E-state index contributed by atoms with van der Waals surface area (Å²) in [6.45, 7) is 3.77. The Balaban J connectivity index is 1.33. The zero-order valence-corrected chi connectivity index (χ0v) is 16.0. The summed E-state index contributed by atoms with van der Waals surface area (Å²) in [5.74, 6) is 1.85. The molecule has 2 aromatic heterocycles. The molecule has 140 valence electrons. The van der Waals surface area contributed by atoms with Crippen molar-refractivity contribution in [1.29, 1.82) is 0 Å². The molecule has 0 amide bonds. The van der Waals surface area contributed by atoms with Crippen LogP contribution in [0.15, 0.2) is 17.3 Å². The van der Waals surface area contributed by atoms with Crippen molar-refractivity contribution in [1.82, 2.24) is 24.5 Å². The fraction of sp³-hybridized carbons (Fsp3) is 0.588. The van der Waals surface area contributed by atoms with Crippen molar-refractivity contribution in [2.24, 2.45) is 13.0 Å². The molecule has 3 heterocycles. The summed E-state index contributed by atoms with van der Waals surface area (Å²) in [6, 6.07) is 2.15. The number of sulfonamides is 1. The molecule has 0 spiro atoms. The summed E-state index contributed by atoms with van der Waals surface area (Å²) in [7, 11) is -1.77. The monoisotopic (exact) mass is 376 g/mol. The van der Waals surface area contributed by atoms with E-state index in [0.717, 1.165) is 37.4 Å². The topological polar surface area (TPSA) is 93.0 Å². The molecular formula is C17H24N6O2S. The maximum atomic E-state index is 12.3. The van der Waals surface area contributed by atoms with E-state index in [0.29, 0.717) is 12.4 Å². The van der Waals surface area contributed by atoms with Crippen LogP contribution in [-0.2, 0) is 29.9 Å². The lowest BCUT2D eigenvalue weighted by Gasteiger charge is -2.40. The van der Waals surface area contributed by atoms with E-state index >= 15 is 0 Å². The van der Waals surface area contributed by atoms with Gasteiger partial charge < -0.3 is 9.47 Å². The minimum atomic E-state index is -3.56. The Morgan fingerprint density at radius 3 is 2.73 bits per heavy atom. The van der Waals surface area contributed by atoms with Crippen LogP contribution in [0, 0.1) is 12.8 Å². The third-order valence-electron chi connectivity index (χ3n) is 5.26. The van der Waals surface area contributed by atoms with Crippen LogP contribution in [-0.4, -0.2) is 47.8 Å². The summed E-state index contributed by atoms with van der Waals surface area (Å²) < 4.78 is 29.0. The summed E-state index contributed by atoms with van der Waals surface area (Å²) >= 11 is 0. The van der Waals surface area contributed by atoms with Crippen LogP contribution >= 0.6 is 0 Å². The molecule has 0 aromatic carbocycles. The molecule has 0 bridgehead atoms. The van der Waals surface area contributed by atoms with Crippen molar-refractivity contribution in [3.63, 3.8) is 0 Å². The van der Waals surface area contributed by atoms with Crippen molar-refractivity contribution in [2.75, 3.05) is 24.5 Å². The van der Waals surface area contributed by atoms with Gasteiger partial charge in [0.15, 0.2) is 10.8 Å². The molecule has 4 rings (SSSR count). The van der Waals surface area contributed by atoms with Crippen LogP contribution in [0.4, 0.5) is 5.82 Å². The molecule has 2 aromatic rings. The van der Waals surface area contributed by atoms with E-state index in [2.05, 4.69) is 30.9 Å². The number of aryl methyl sites for hydroxylation is 4. The van der Waals surface area contributed by atoms with E-state index in [1.807, 2.05) is 0 Å². The molecule has 9 heteroatoms. The number of nitrogens with one attached hydrogen (secondary N) is 1. The zero-order valence-electron chi connectivity index (χ0n) is 15.1. The summed E-state index contributed by atoms with van der Waals surface area (Å²) in [5, 5.41) is 8.79. The van der Waals surface area contributed by atoms with Gasteiger partial charge in [-0.2, -0.15) is 5.10 Å². The third-order valence-corrected chi connectivity index (χ3v) is 6.56. The van der Waals surface area contributed by atoms with Crippen molar-refractivity contribution in [2.45, 2.75) is 37.6 Å². The van der Waals surface area contributed by atoms with E-state index in [4.69, 9.17) is 0 Å². The largest absolute Gasteiger partial charge is 0.354 e. The Kier molecular flexibility index (Phi) is 4.44. The van der Waals surface area contributed by atoms with Gasteiger partial charge in [-0.1, -0.05) is 0 Å². The average Bonchev–Trinajstić information content (AvgIpc) is 2.93. The fourth-order valence-electron chi connectivity index (χ4n) is 3.48. The number of hydrogen-bond acceptors (Lipinski definition) is 6. The van der Waals surface area contributed by atoms with Gasteiger partial charge in [0.05, 0.1) is 5.69 Å². The van der Waals surface area contributed by atoms with Crippen molar-refractivity contribution < 1.29 is 8.42 Å². The standard InChI is InChI=1S/C17H24N6O2S/c1-12-19-17(11-22(12)2)26(24,25)18-8-13-9-23(10-13)16-7-14-5-3-4-6-15(14)20-21-16/h7,11,13,18H,3-6,8-10H2,1-2H3. The molecule has 26 heavy (non-hydrogen) atoms. The lowest BCUT2D eigenvalue weighted by molar-refractivity contribution is 0.401. The van der Waals surface area contributed by atoms with Gasteiger partial charge >= 0.3 is 0 Å². The van der Waals surface area contributed by atoms with Crippen molar-refractivity contribution in [3.8, 4) is 0 Å². The van der Waals surface area contributed by atoms with Gasteiger partial charge in [0.1, 0.15) is 5.82 Å². The summed E-state index contributed by atoms with van der Waals surface area (Å²) in [6.07, 6.45) is 6.06. The zero-order chi connectivity index (χ0) is 18.3. The van der Waals surface area contributed by atoms with Crippen molar-refractivity contribution in [3.05, 3.63) is 29.3 Å². The van der Waals surface area contributed by atoms with E-state index < -0.39 is 10.0 Å². The molecular weight excluding hydrogens is 352 g/mol. The molecule has 1 saturated heterocycles. The molecule has 0 radical (unpaired) electrons. The van der Waals surface area contributed by atoms with E-state index in [-0.39, 0.29) is 10.9 Å². The van der Waals surface area contributed by atoms with Crippen LogP contribution < -0.4 is 9.62 Å². The molecule has 0 atom stereocenters. The number of aromatic nitrogens is 4. The first-order chi connectivity index (χ1) is 12.4. The van der Waals surface area contributed by atoms with Crippen molar-refractivity contribution >= 4 is 15.8 Å². The Bertz CT molecular complexity index is 898. The van der Waals surface area contributed by atoms with E-state index in [1.54, 1.807) is 18.5 Å². The first kappa shape index (κ1) is 17.4. The second-order valence-electron chi connectivity index (χ2n) is 7.24. The van der Waals surface area contributed by atoms with Crippen LogP contribution in [0.25, 0.3) is 0 Å². The highest BCUT2D eigenvalue weighted by Gasteiger charge is 2.30. The van der Waals surface area contributed by atoms with E-state index in [9.17, 15) is 8.42 Å². The fourth-order valence-corrected chi connectivity index (χ4v) is 4.63. The second-order valence-corrected chi connectivity index (χ2v) is 8.96. The average molecular weight is 376 g/mol. The predicted octanol–water partition coefficient (Wildman–Crippen LogP) is 0.812. The number of fused-ring (bicyclic) bond motifs is 1. The maximum absolute atomic E-state index is 12.3. The summed E-state index contributed by atoms with van der Waals surface area (Å²) in [4.78, 5) is 6.25. The lowest BCUT2D eigenvalue weighted by Crippen LogP contribution is -2.52. The Morgan fingerprint density at radius 1 is 1.23 bits per heavy atom. The van der Waals surface area contributed by atoms with Crippen LogP contribution in [0.2, 0.25) is 0 Å². The molecule has 1 N–H and O–H groups in total. The molecule has 2 aliphatic rings. The first-order valence-electron chi connectivity index (χ1n) is 9.02. The molecule has 0 unspecified atom stereocenters. The maximum Gasteiger partial charge on any atom is 0.259 e. The van der Waals surface area contributed by atoms with Gasteiger partial charge in [-0.3, -0.25) is 0 Å². The van der Waals surface area contributed by atoms with Gasteiger partial charge in [-0.15, -0.1) is 5.10 Å². The van der Waals surface area contributed by atoms with Gasteiger partial charge in [0.25, 0.3) is 10.0 Å². The minimum Gasteiger partial charge on any atom is -0.354 e. The third kappa shape index (κ3) is 3.33. The van der Waals surface area contributed by atoms with Gasteiger partial charge in [0.2, 0.25) is 0 Å². The van der Waals surface area contributed by atoms with Gasteiger partial charge in [-0.25, -0.2) is 18.1 Å². The summed E-state index contributed by atoms with van der Waals surface area (Å²) in [5.41, 5.74) is 2.45. The second kappa shape index (κ2) is 6.62. The van der Waals surface area contributed by atoms with Gasteiger partial charge in [0, 0.05) is 38.8 Å². The normalized spacial score (nSPS) is 17.8.